The van der Waals surface area contributed by atoms with Gasteiger partial charge in [0.2, 0.25) is 5.91 Å². The SMILES string of the molecule is CC(C)C(=O)N1CCCC(Cc2cccc(Cl)c2)(C(C)C)C1. The van der Waals surface area contributed by atoms with Gasteiger partial charge < -0.3 is 4.90 Å². The van der Waals surface area contributed by atoms with Crippen LogP contribution in [0.5, 0.6) is 0 Å². The smallest absolute Gasteiger partial charge is 0.225 e. The van der Waals surface area contributed by atoms with Crippen molar-refractivity contribution in [2.24, 2.45) is 17.3 Å². The number of hydrogen-bond acceptors (Lipinski definition) is 1. The van der Waals surface area contributed by atoms with Crippen LogP contribution >= 0.6 is 11.6 Å². The van der Waals surface area contributed by atoms with E-state index >= 15 is 0 Å². The molecule has 3 heteroatoms. The number of hydrogen-bond donors (Lipinski definition) is 0. The Balaban J connectivity index is 2.22. The van der Waals surface area contributed by atoms with Gasteiger partial charge in [0, 0.05) is 24.0 Å². The summed E-state index contributed by atoms with van der Waals surface area (Å²) in [5, 5.41) is 0.794. The van der Waals surface area contributed by atoms with E-state index in [-0.39, 0.29) is 17.2 Å². The van der Waals surface area contributed by atoms with Crippen molar-refractivity contribution in [2.75, 3.05) is 13.1 Å². The lowest BCUT2D eigenvalue weighted by Gasteiger charge is -2.46. The molecule has 1 heterocycles. The van der Waals surface area contributed by atoms with Gasteiger partial charge in [-0.25, -0.2) is 0 Å². The van der Waals surface area contributed by atoms with Gasteiger partial charge in [-0.05, 0) is 48.3 Å². The maximum Gasteiger partial charge on any atom is 0.225 e. The van der Waals surface area contributed by atoms with Crippen LogP contribution in [-0.2, 0) is 11.2 Å². The molecule has 1 aliphatic heterocycles. The van der Waals surface area contributed by atoms with Crippen LogP contribution in [0.25, 0.3) is 0 Å². The predicted molar refractivity (Wildman–Crippen MR) is 93.1 cm³/mol. The van der Waals surface area contributed by atoms with Gasteiger partial charge in [0.25, 0.3) is 0 Å². The van der Waals surface area contributed by atoms with Gasteiger partial charge in [-0.3, -0.25) is 4.79 Å². The van der Waals surface area contributed by atoms with Crippen LogP contribution in [0.4, 0.5) is 0 Å². The Morgan fingerprint density at radius 3 is 2.64 bits per heavy atom. The number of carbonyl (C=O) groups is 1. The first kappa shape index (κ1) is 17.3. The molecular weight excluding hydrogens is 294 g/mol. The fraction of sp³-hybridized carbons (Fsp3) is 0.632. The summed E-state index contributed by atoms with van der Waals surface area (Å²) < 4.78 is 0. The Morgan fingerprint density at radius 2 is 2.05 bits per heavy atom. The number of rotatable bonds is 4. The van der Waals surface area contributed by atoms with Gasteiger partial charge in [-0.15, -0.1) is 0 Å². The monoisotopic (exact) mass is 321 g/mol. The van der Waals surface area contributed by atoms with E-state index in [1.54, 1.807) is 0 Å². The molecule has 122 valence electrons. The van der Waals surface area contributed by atoms with E-state index in [1.807, 2.05) is 26.0 Å². The lowest BCUT2D eigenvalue weighted by molar-refractivity contribution is -0.139. The first-order valence-corrected chi connectivity index (χ1v) is 8.75. The zero-order chi connectivity index (χ0) is 16.3. The summed E-state index contributed by atoms with van der Waals surface area (Å²) in [5.74, 6) is 0.902. The fourth-order valence-corrected chi connectivity index (χ4v) is 3.80. The Bertz CT molecular complexity index is 526. The summed E-state index contributed by atoms with van der Waals surface area (Å²) in [6.45, 7) is 10.3. The first-order valence-electron chi connectivity index (χ1n) is 8.37. The van der Waals surface area contributed by atoms with Crippen LogP contribution in [0.3, 0.4) is 0 Å². The molecule has 1 atom stereocenters. The molecule has 1 saturated heterocycles. The maximum absolute atomic E-state index is 12.4. The van der Waals surface area contributed by atoms with Crippen molar-refractivity contribution in [1.29, 1.82) is 0 Å². The van der Waals surface area contributed by atoms with E-state index in [4.69, 9.17) is 11.6 Å². The number of likely N-dealkylation sites (tertiary alicyclic amines) is 1. The lowest BCUT2D eigenvalue weighted by Crippen LogP contribution is -2.50. The van der Waals surface area contributed by atoms with Crippen LogP contribution in [0.1, 0.15) is 46.1 Å². The Labute approximate surface area is 139 Å². The van der Waals surface area contributed by atoms with Crippen molar-refractivity contribution in [3.63, 3.8) is 0 Å². The van der Waals surface area contributed by atoms with Gasteiger partial charge in [-0.2, -0.15) is 0 Å². The standard InChI is InChI=1S/C19H28ClNO/c1-14(2)18(22)21-10-6-9-19(13-21,15(3)4)12-16-7-5-8-17(20)11-16/h5,7-8,11,14-15H,6,9-10,12-13H2,1-4H3. The number of halogens is 1. The lowest BCUT2D eigenvalue weighted by atomic mass is 9.67. The van der Waals surface area contributed by atoms with Crippen LogP contribution in [0.2, 0.25) is 5.02 Å². The second-order valence-corrected chi connectivity index (χ2v) is 7.78. The van der Waals surface area contributed by atoms with Gasteiger partial charge in [0.15, 0.2) is 0 Å². The molecule has 0 spiro atoms. The minimum atomic E-state index is 0.0779. The molecule has 1 unspecified atom stereocenters. The molecule has 0 bridgehead atoms. The van der Waals surface area contributed by atoms with E-state index in [2.05, 4.69) is 30.9 Å². The molecule has 1 aliphatic rings. The highest BCUT2D eigenvalue weighted by Crippen LogP contribution is 2.41. The topological polar surface area (TPSA) is 20.3 Å². The summed E-state index contributed by atoms with van der Waals surface area (Å²) in [7, 11) is 0. The first-order chi connectivity index (χ1) is 10.3. The van der Waals surface area contributed by atoms with E-state index in [9.17, 15) is 4.79 Å². The van der Waals surface area contributed by atoms with Gasteiger partial charge in [0.05, 0.1) is 0 Å². The number of nitrogens with zero attached hydrogens (tertiary/aromatic N) is 1. The van der Waals surface area contributed by atoms with Gasteiger partial charge >= 0.3 is 0 Å². The summed E-state index contributed by atoms with van der Waals surface area (Å²) in [6, 6.07) is 8.16. The Kier molecular flexibility index (Phi) is 5.55. The minimum Gasteiger partial charge on any atom is -0.342 e. The van der Waals surface area contributed by atoms with Crippen molar-refractivity contribution < 1.29 is 4.79 Å². The van der Waals surface area contributed by atoms with Crippen molar-refractivity contribution in [2.45, 2.75) is 47.0 Å². The molecule has 1 fully saturated rings. The van der Waals surface area contributed by atoms with Gasteiger partial charge in [0.1, 0.15) is 0 Å². The third-order valence-electron chi connectivity index (χ3n) is 5.08. The summed E-state index contributed by atoms with van der Waals surface area (Å²) in [5.41, 5.74) is 1.44. The van der Waals surface area contributed by atoms with Crippen LogP contribution in [-0.4, -0.2) is 23.9 Å². The van der Waals surface area contributed by atoms with E-state index in [0.717, 1.165) is 31.0 Å². The molecule has 2 rings (SSSR count). The maximum atomic E-state index is 12.4. The highest BCUT2D eigenvalue weighted by molar-refractivity contribution is 6.30. The van der Waals surface area contributed by atoms with Crippen molar-refractivity contribution in [3.05, 3.63) is 34.9 Å². The molecule has 1 aromatic carbocycles. The third-order valence-corrected chi connectivity index (χ3v) is 5.32. The molecular formula is C19H28ClNO. The number of amides is 1. The van der Waals surface area contributed by atoms with E-state index in [0.29, 0.717) is 5.92 Å². The summed E-state index contributed by atoms with van der Waals surface area (Å²) >= 11 is 6.14. The second kappa shape index (κ2) is 7.04. The highest BCUT2D eigenvalue weighted by Gasteiger charge is 2.40. The van der Waals surface area contributed by atoms with Crippen LogP contribution < -0.4 is 0 Å². The number of carbonyl (C=O) groups excluding carboxylic acids is 1. The molecule has 1 amide bonds. The number of benzene rings is 1. The second-order valence-electron chi connectivity index (χ2n) is 7.34. The molecule has 0 radical (unpaired) electrons. The molecule has 0 N–H and O–H groups in total. The average Bonchev–Trinajstić information content (AvgIpc) is 2.46. The fourth-order valence-electron chi connectivity index (χ4n) is 3.59. The summed E-state index contributed by atoms with van der Waals surface area (Å²) in [4.78, 5) is 14.5. The normalized spacial score (nSPS) is 22.4. The molecule has 22 heavy (non-hydrogen) atoms. The molecule has 0 aliphatic carbocycles. The third kappa shape index (κ3) is 3.84. The van der Waals surface area contributed by atoms with E-state index < -0.39 is 0 Å². The van der Waals surface area contributed by atoms with Crippen LogP contribution in [0.15, 0.2) is 24.3 Å². The highest BCUT2D eigenvalue weighted by atomic mass is 35.5. The molecule has 0 aromatic heterocycles. The van der Waals surface area contributed by atoms with Crippen molar-refractivity contribution >= 4 is 17.5 Å². The van der Waals surface area contributed by atoms with Crippen LogP contribution in [0, 0.1) is 17.3 Å². The van der Waals surface area contributed by atoms with E-state index in [1.165, 1.54) is 12.0 Å². The van der Waals surface area contributed by atoms with Gasteiger partial charge in [-0.1, -0.05) is 51.4 Å². The minimum absolute atomic E-state index is 0.0779. The molecule has 2 nitrogen and oxygen atoms in total. The Hall–Kier alpha value is -1.02. The zero-order valence-electron chi connectivity index (χ0n) is 14.2. The largest absolute Gasteiger partial charge is 0.342 e. The summed E-state index contributed by atoms with van der Waals surface area (Å²) in [6.07, 6.45) is 3.27. The quantitative estimate of drug-likeness (QED) is 0.779. The zero-order valence-corrected chi connectivity index (χ0v) is 15.0. The van der Waals surface area contributed by atoms with Crippen molar-refractivity contribution in [3.8, 4) is 0 Å². The predicted octanol–water partition coefficient (Wildman–Crippen LogP) is 4.80. The molecule has 1 aromatic rings. The number of piperidine rings is 1. The van der Waals surface area contributed by atoms with Crippen molar-refractivity contribution in [1.82, 2.24) is 4.90 Å². The average molecular weight is 322 g/mol. The molecule has 0 saturated carbocycles. The Morgan fingerprint density at radius 1 is 1.32 bits per heavy atom.